The second kappa shape index (κ2) is 6.08. The van der Waals surface area contributed by atoms with Crippen molar-refractivity contribution in [3.8, 4) is 0 Å². The van der Waals surface area contributed by atoms with Gasteiger partial charge in [0.2, 0.25) is 11.9 Å². The van der Waals surface area contributed by atoms with Crippen molar-refractivity contribution in [3.63, 3.8) is 0 Å². The first-order chi connectivity index (χ1) is 8.66. The second-order valence-electron chi connectivity index (χ2n) is 4.59. The zero-order chi connectivity index (χ0) is 13.0. The van der Waals surface area contributed by atoms with E-state index in [0.717, 1.165) is 12.8 Å². The Hall–Kier alpha value is -1.24. The normalized spacial score (nSPS) is 16.7. The van der Waals surface area contributed by atoms with Crippen LogP contribution in [0, 0.1) is 0 Å². The van der Waals surface area contributed by atoms with Crippen molar-refractivity contribution in [2.45, 2.75) is 43.3 Å². The highest BCUT2D eigenvalue weighted by Gasteiger charge is 2.16. The van der Waals surface area contributed by atoms with E-state index in [2.05, 4.69) is 15.5 Å². The van der Waals surface area contributed by atoms with E-state index < -0.39 is 0 Å². The molecule has 0 aromatic carbocycles. The predicted molar refractivity (Wildman–Crippen MR) is 71.2 cm³/mol. The molecule has 18 heavy (non-hydrogen) atoms. The van der Waals surface area contributed by atoms with Crippen LogP contribution >= 0.6 is 11.8 Å². The van der Waals surface area contributed by atoms with Gasteiger partial charge in [-0.25, -0.2) is 0 Å². The molecule has 1 saturated carbocycles. The van der Waals surface area contributed by atoms with E-state index in [1.54, 1.807) is 11.6 Å². The summed E-state index contributed by atoms with van der Waals surface area (Å²) in [6.45, 7) is 0. The maximum atomic E-state index is 11.8. The summed E-state index contributed by atoms with van der Waals surface area (Å²) in [7, 11) is 1.79. The van der Waals surface area contributed by atoms with Gasteiger partial charge in [0.15, 0.2) is 5.16 Å². The molecule has 1 aliphatic carbocycles. The highest BCUT2D eigenvalue weighted by molar-refractivity contribution is 7.99. The molecular formula is C11H19N5OS. The molecule has 1 aromatic rings. The number of carbonyl (C=O) groups excluding carboxylic acids is 1. The largest absolute Gasteiger partial charge is 0.368 e. The van der Waals surface area contributed by atoms with Gasteiger partial charge in [0.25, 0.3) is 0 Å². The van der Waals surface area contributed by atoms with E-state index in [4.69, 9.17) is 5.73 Å². The standard InChI is InChI=1S/C11H19N5OS/c1-16-10(12)14-15-11(16)18-7-9(17)13-8-5-3-2-4-6-8/h8H,2-7H2,1H3,(H2,12,14)(H,13,17). The number of nitrogen functional groups attached to an aromatic ring is 1. The number of carbonyl (C=O) groups is 1. The zero-order valence-corrected chi connectivity index (χ0v) is 11.4. The first kappa shape index (κ1) is 13.2. The van der Waals surface area contributed by atoms with Gasteiger partial charge in [0, 0.05) is 13.1 Å². The van der Waals surface area contributed by atoms with Gasteiger partial charge >= 0.3 is 0 Å². The number of thioether (sulfide) groups is 1. The molecule has 1 fully saturated rings. The van der Waals surface area contributed by atoms with Crippen molar-refractivity contribution in [2.75, 3.05) is 11.5 Å². The van der Waals surface area contributed by atoms with E-state index in [9.17, 15) is 4.79 Å². The van der Waals surface area contributed by atoms with Crippen LogP contribution in [0.15, 0.2) is 5.16 Å². The van der Waals surface area contributed by atoms with Crippen LogP contribution < -0.4 is 11.1 Å². The number of amides is 1. The van der Waals surface area contributed by atoms with Crippen molar-refractivity contribution in [3.05, 3.63) is 0 Å². The molecule has 1 amide bonds. The van der Waals surface area contributed by atoms with Gasteiger partial charge in [-0.2, -0.15) is 0 Å². The first-order valence-corrected chi connectivity index (χ1v) is 7.22. The average Bonchev–Trinajstić information content (AvgIpc) is 2.69. The van der Waals surface area contributed by atoms with Gasteiger partial charge in [0.05, 0.1) is 5.75 Å². The molecule has 0 aliphatic heterocycles. The Morgan fingerprint density at radius 2 is 2.17 bits per heavy atom. The highest BCUT2D eigenvalue weighted by atomic mass is 32.2. The summed E-state index contributed by atoms with van der Waals surface area (Å²) < 4.78 is 1.68. The maximum absolute atomic E-state index is 11.8. The predicted octanol–water partition coefficient (Wildman–Crippen LogP) is 0.938. The molecule has 1 aliphatic rings. The van der Waals surface area contributed by atoms with Gasteiger partial charge in [-0.1, -0.05) is 31.0 Å². The number of nitrogens with two attached hydrogens (primary N) is 1. The molecule has 1 heterocycles. The minimum absolute atomic E-state index is 0.0634. The topological polar surface area (TPSA) is 85.8 Å². The van der Waals surface area contributed by atoms with Crippen molar-refractivity contribution < 1.29 is 4.79 Å². The third-order valence-corrected chi connectivity index (χ3v) is 4.19. The first-order valence-electron chi connectivity index (χ1n) is 6.24. The van der Waals surface area contributed by atoms with Crippen LogP contribution in [0.1, 0.15) is 32.1 Å². The summed E-state index contributed by atoms with van der Waals surface area (Å²) in [6.07, 6.45) is 5.94. The summed E-state index contributed by atoms with van der Waals surface area (Å²) in [5.41, 5.74) is 5.57. The van der Waals surface area contributed by atoms with Crippen LogP contribution in [0.2, 0.25) is 0 Å². The lowest BCUT2D eigenvalue weighted by molar-refractivity contribution is -0.119. The summed E-state index contributed by atoms with van der Waals surface area (Å²) in [4.78, 5) is 11.8. The fraction of sp³-hybridized carbons (Fsp3) is 0.727. The molecule has 0 bridgehead atoms. The SMILES string of the molecule is Cn1c(N)nnc1SCC(=O)NC1CCCCC1. The molecule has 3 N–H and O–H groups in total. The Kier molecular flexibility index (Phi) is 4.46. The average molecular weight is 269 g/mol. The fourth-order valence-corrected chi connectivity index (χ4v) is 2.83. The number of hydrogen-bond donors (Lipinski definition) is 2. The van der Waals surface area contributed by atoms with Crippen molar-refractivity contribution in [1.29, 1.82) is 0 Å². The molecule has 0 atom stereocenters. The minimum Gasteiger partial charge on any atom is -0.368 e. The van der Waals surface area contributed by atoms with E-state index in [-0.39, 0.29) is 5.91 Å². The molecule has 6 nitrogen and oxygen atoms in total. The Bertz CT molecular complexity index is 414. The molecule has 0 saturated heterocycles. The molecule has 0 unspecified atom stereocenters. The Morgan fingerprint density at radius 1 is 1.44 bits per heavy atom. The van der Waals surface area contributed by atoms with Gasteiger partial charge in [-0.05, 0) is 12.8 Å². The number of anilines is 1. The Labute approximate surface area is 111 Å². The third-order valence-electron chi connectivity index (χ3n) is 3.17. The summed E-state index contributed by atoms with van der Waals surface area (Å²) in [5, 5.41) is 11.4. The molecule has 100 valence electrons. The van der Waals surface area contributed by atoms with E-state index in [1.165, 1.54) is 31.0 Å². The van der Waals surface area contributed by atoms with Crippen LogP contribution in [0.5, 0.6) is 0 Å². The molecule has 1 aromatic heterocycles. The van der Waals surface area contributed by atoms with Gasteiger partial charge in [0.1, 0.15) is 0 Å². The quantitative estimate of drug-likeness (QED) is 0.794. The molecule has 2 rings (SSSR count). The highest BCUT2D eigenvalue weighted by Crippen LogP contribution is 2.19. The smallest absolute Gasteiger partial charge is 0.230 e. The molecule has 0 spiro atoms. The van der Waals surface area contributed by atoms with Crippen molar-refractivity contribution >= 4 is 23.6 Å². The van der Waals surface area contributed by atoms with E-state index in [1.807, 2.05) is 0 Å². The van der Waals surface area contributed by atoms with Crippen LogP contribution in [0.3, 0.4) is 0 Å². The summed E-state index contributed by atoms with van der Waals surface area (Å²) in [6, 6.07) is 0.358. The number of nitrogens with zero attached hydrogens (tertiary/aromatic N) is 3. The third kappa shape index (κ3) is 3.38. The summed E-state index contributed by atoms with van der Waals surface area (Å²) >= 11 is 1.36. The zero-order valence-electron chi connectivity index (χ0n) is 10.6. The van der Waals surface area contributed by atoms with Crippen molar-refractivity contribution in [2.24, 2.45) is 7.05 Å². The van der Waals surface area contributed by atoms with Gasteiger partial charge in [-0.3, -0.25) is 9.36 Å². The van der Waals surface area contributed by atoms with E-state index in [0.29, 0.717) is 22.9 Å². The second-order valence-corrected chi connectivity index (χ2v) is 5.53. The monoisotopic (exact) mass is 269 g/mol. The van der Waals surface area contributed by atoms with Crippen molar-refractivity contribution in [1.82, 2.24) is 20.1 Å². The van der Waals surface area contributed by atoms with Gasteiger partial charge < -0.3 is 11.1 Å². The molecular weight excluding hydrogens is 250 g/mol. The lowest BCUT2D eigenvalue weighted by Crippen LogP contribution is -2.37. The lowest BCUT2D eigenvalue weighted by Gasteiger charge is -2.22. The lowest BCUT2D eigenvalue weighted by atomic mass is 9.95. The van der Waals surface area contributed by atoms with Crippen LogP contribution in [-0.4, -0.2) is 32.5 Å². The van der Waals surface area contributed by atoms with Crippen LogP contribution in [0.4, 0.5) is 5.95 Å². The number of aromatic nitrogens is 3. The van der Waals surface area contributed by atoms with E-state index >= 15 is 0 Å². The summed E-state index contributed by atoms with van der Waals surface area (Å²) in [5.74, 6) is 0.793. The van der Waals surface area contributed by atoms with Crippen LogP contribution in [0.25, 0.3) is 0 Å². The maximum Gasteiger partial charge on any atom is 0.230 e. The Balaban J connectivity index is 1.76. The minimum atomic E-state index is 0.0634. The Morgan fingerprint density at radius 3 is 2.78 bits per heavy atom. The number of nitrogens with one attached hydrogen (secondary N) is 1. The molecule has 7 heteroatoms. The fourth-order valence-electron chi connectivity index (χ4n) is 2.10. The number of hydrogen-bond acceptors (Lipinski definition) is 5. The number of rotatable bonds is 4. The van der Waals surface area contributed by atoms with Gasteiger partial charge in [-0.15, -0.1) is 10.2 Å². The molecule has 0 radical (unpaired) electrons. The van der Waals surface area contributed by atoms with Crippen LogP contribution in [-0.2, 0) is 11.8 Å².